The van der Waals surface area contributed by atoms with Gasteiger partial charge in [-0.05, 0) is 74.9 Å². The normalized spacial score (nSPS) is 11.4. The predicted molar refractivity (Wildman–Crippen MR) is 124 cm³/mol. The van der Waals surface area contributed by atoms with E-state index in [2.05, 4.69) is 10.3 Å². The van der Waals surface area contributed by atoms with Crippen LogP contribution in [0.2, 0.25) is 0 Å². The van der Waals surface area contributed by atoms with E-state index in [4.69, 9.17) is 14.6 Å². The topological polar surface area (TPSA) is 77.8 Å². The standard InChI is InChI=1S/C25H26N4O3/c1-25(2,3)32-24(30)26-19-8-5-7-17(15-19)16-22-27-23-10-6-9-21(29(23)28-22)18-11-13-20(31-4)14-12-18/h5-15H,16H2,1-4H3,(H,26,30). The van der Waals surface area contributed by atoms with Crippen molar-refractivity contribution in [1.82, 2.24) is 14.6 Å². The molecular weight excluding hydrogens is 404 g/mol. The fourth-order valence-corrected chi connectivity index (χ4v) is 3.37. The summed E-state index contributed by atoms with van der Waals surface area (Å²) in [4.78, 5) is 16.7. The van der Waals surface area contributed by atoms with Crippen molar-refractivity contribution in [1.29, 1.82) is 0 Å². The average molecular weight is 431 g/mol. The zero-order valence-corrected chi connectivity index (χ0v) is 18.6. The third kappa shape index (κ3) is 5.06. The number of ether oxygens (including phenoxy) is 2. The highest BCUT2D eigenvalue weighted by Crippen LogP contribution is 2.23. The summed E-state index contributed by atoms with van der Waals surface area (Å²) in [5.74, 6) is 1.50. The molecule has 7 nitrogen and oxygen atoms in total. The number of carbonyl (C=O) groups excluding carboxylic acids is 1. The van der Waals surface area contributed by atoms with Crippen molar-refractivity contribution in [3.05, 3.63) is 78.1 Å². The number of rotatable bonds is 5. The lowest BCUT2D eigenvalue weighted by Crippen LogP contribution is -2.27. The maximum absolute atomic E-state index is 12.1. The van der Waals surface area contributed by atoms with Crippen LogP contribution in [0, 0.1) is 0 Å². The minimum atomic E-state index is -0.552. The number of pyridine rings is 1. The highest BCUT2D eigenvalue weighted by molar-refractivity contribution is 5.85. The number of carbonyl (C=O) groups is 1. The predicted octanol–water partition coefficient (Wildman–Crippen LogP) is 5.34. The maximum atomic E-state index is 12.1. The van der Waals surface area contributed by atoms with Gasteiger partial charge in [0.05, 0.1) is 12.8 Å². The van der Waals surface area contributed by atoms with E-state index >= 15 is 0 Å². The zero-order chi connectivity index (χ0) is 22.7. The average Bonchev–Trinajstić information content (AvgIpc) is 3.15. The van der Waals surface area contributed by atoms with Gasteiger partial charge in [-0.1, -0.05) is 18.2 Å². The van der Waals surface area contributed by atoms with E-state index in [-0.39, 0.29) is 0 Å². The molecule has 0 radical (unpaired) electrons. The van der Waals surface area contributed by atoms with Crippen molar-refractivity contribution >= 4 is 17.4 Å². The van der Waals surface area contributed by atoms with Crippen molar-refractivity contribution in [3.63, 3.8) is 0 Å². The van der Waals surface area contributed by atoms with Gasteiger partial charge in [0.15, 0.2) is 11.5 Å². The summed E-state index contributed by atoms with van der Waals surface area (Å²) in [5, 5.41) is 7.50. The first-order valence-corrected chi connectivity index (χ1v) is 10.4. The lowest BCUT2D eigenvalue weighted by molar-refractivity contribution is 0.0636. The van der Waals surface area contributed by atoms with Crippen molar-refractivity contribution in [2.24, 2.45) is 0 Å². The summed E-state index contributed by atoms with van der Waals surface area (Å²) in [6.45, 7) is 5.49. The van der Waals surface area contributed by atoms with Crippen LogP contribution in [0.4, 0.5) is 10.5 Å². The van der Waals surface area contributed by atoms with Gasteiger partial charge in [-0.3, -0.25) is 5.32 Å². The van der Waals surface area contributed by atoms with Crippen molar-refractivity contribution in [2.75, 3.05) is 12.4 Å². The summed E-state index contributed by atoms with van der Waals surface area (Å²) >= 11 is 0. The molecule has 0 spiro atoms. The van der Waals surface area contributed by atoms with E-state index in [1.165, 1.54) is 0 Å². The second kappa shape index (κ2) is 8.70. The number of hydrogen-bond acceptors (Lipinski definition) is 5. The number of fused-ring (bicyclic) bond motifs is 1. The third-order valence-corrected chi connectivity index (χ3v) is 4.72. The van der Waals surface area contributed by atoms with Gasteiger partial charge in [-0.2, -0.15) is 5.10 Å². The minimum absolute atomic E-state index is 0.482. The molecule has 0 aliphatic rings. The van der Waals surface area contributed by atoms with Crippen LogP contribution in [0.1, 0.15) is 32.2 Å². The summed E-state index contributed by atoms with van der Waals surface area (Å²) in [5.41, 5.74) is 3.85. The largest absolute Gasteiger partial charge is 0.497 e. The number of benzene rings is 2. The Labute approximate surface area is 187 Å². The molecule has 164 valence electrons. The Morgan fingerprint density at radius 1 is 1.03 bits per heavy atom. The van der Waals surface area contributed by atoms with Gasteiger partial charge in [0.2, 0.25) is 0 Å². The Hall–Kier alpha value is -3.87. The molecule has 32 heavy (non-hydrogen) atoms. The van der Waals surface area contributed by atoms with Crippen LogP contribution in [0.15, 0.2) is 66.7 Å². The molecule has 0 saturated carbocycles. The van der Waals surface area contributed by atoms with Crippen LogP contribution in [0.25, 0.3) is 16.9 Å². The fourth-order valence-electron chi connectivity index (χ4n) is 3.37. The lowest BCUT2D eigenvalue weighted by atomic mass is 10.1. The van der Waals surface area contributed by atoms with E-state index in [0.29, 0.717) is 17.9 Å². The first-order chi connectivity index (χ1) is 15.3. The number of anilines is 1. The Kier molecular flexibility index (Phi) is 5.81. The molecule has 0 unspecified atom stereocenters. The Morgan fingerprint density at radius 3 is 2.50 bits per heavy atom. The van der Waals surface area contributed by atoms with Crippen molar-refractivity contribution < 1.29 is 14.3 Å². The second-order valence-electron chi connectivity index (χ2n) is 8.44. The molecule has 2 aromatic heterocycles. The summed E-state index contributed by atoms with van der Waals surface area (Å²) in [6, 6.07) is 21.4. The monoisotopic (exact) mass is 430 g/mol. The molecule has 1 N–H and O–H groups in total. The molecule has 4 aromatic rings. The van der Waals surface area contributed by atoms with Crippen LogP contribution >= 0.6 is 0 Å². The second-order valence-corrected chi connectivity index (χ2v) is 8.44. The molecule has 7 heteroatoms. The molecule has 2 aromatic carbocycles. The molecule has 0 bridgehead atoms. The molecule has 0 fully saturated rings. The molecule has 4 rings (SSSR count). The third-order valence-electron chi connectivity index (χ3n) is 4.72. The highest BCUT2D eigenvalue weighted by atomic mass is 16.6. The lowest BCUT2D eigenvalue weighted by Gasteiger charge is -2.19. The first-order valence-electron chi connectivity index (χ1n) is 10.4. The van der Waals surface area contributed by atoms with Gasteiger partial charge < -0.3 is 9.47 Å². The molecule has 1 amide bonds. The van der Waals surface area contributed by atoms with Crippen LogP contribution in [-0.4, -0.2) is 33.4 Å². The van der Waals surface area contributed by atoms with Crippen LogP contribution in [0.3, 0.4) is 0 Å². The molecule has 0 atom stereocenters. The smallest absolute Gasteiger partial charge is 0.412 e. The van der Waals surface area contributed by atoms with Crippen molar-refractivity contribution in [3.8, 4) is 17.0 Å². The molecule has 0 aliphatic carbocycles. The van der Waals surface area contributed by atoms with E-state index < -0.39 is 11.7 Å². The minimum Gasteiger partial charge on any atom is -0.497 e. The Bertz CT molecular complexity index is 1240. The van der Waals surface area contributed by atoms with Gasteiger partial charge >= 0.3 is 6.09 Å². The first kappa shape index (κ1) is 21.4. The SMILES string of the molecule is COc1ccc(-c2cccc3nc(Cc4cccc(NC(=O)OC(C)(C)C)c4)nn23)cc1. The number of methoxy groups -OCH3 is 1. The van der Waals surface area contributed by atoms with Gasteiger partial charge in [0, 0.05) is 17.7 Å². The van der Waals surface area contributed by atoms with Gasteiger partial charge in [0.1, 0.15) is 11.4 Å². The van der Waals surface area contributed by atoms with E-state index in [0.717, 1.165) is 28.2 Å². The van der Waals surface area contributed by atoms with E-state index in [9.17, 15) is 4.79 Å². The summed E-state index contributed by atoms with van der Waals surface area (Å²) < 4.78 is 12.4. The number of aromatic nitrogens is 3. The van der Waals surface area contributed by atoms with E-state index in [1.807, 2.05) is 92.0 Å². The quantitative estimate of drug-likeness (QED) is 0.462. The highest BCUT2D eigenvalue weighted by Gasteiger charge is 2.16. The molecule has 2 heterocycles. The van der Waals surface area contributed by atoms with Gasteiger partial charge in [0.25, 0.3) is 0 Å². The van der Waals surface area contributed by atoms with Crippen LogP contribution in [0.5, 0.6) is 5.75 Å². The number of amides is 1. The summed E-state index contributed by atoms with van der Waals surface area (Å²) in [7, 11) is 1.65. The molecular formula is C25H26N4O3. The number of hydrogen-bond donors (Lipinski definition) is 1. The molecule has 0 saturated heterocycles. The van der Waals surface area contributed by atoms with Crippen molar-refractivity contribution in [2.45, 2.75) is 32.8 Å². The Balaban J connectivity index is 1.56. The summed E-state index contributed by atoms with van der Waals surface area (Å²) in [6.07, 6.45) is 0.0535. The van der Waals surface area contributed by atoms with Crippen LogP contribution in [-0.2, 0) is 11.2 Å². The Morgan fingerprint density at radius 2 is 1.78 bits per heavy atom. The maximum Gasteiger partial charge on any atom is 0.412 e. The van der Waals surface area contributed by atoms with E-state index in [1.54, 1.807) is 7.11 Å². The fraction of sp³-hybridized carbons (Fsp3) is 0.240. The van der Waals surface area contributed by atoms with Gasteiger partial charge in [-0.15, -0.1) is 0 Å². The van der Waals surface area contributed by atoms with Crippen LogP contribution < -0.4 is 10.1 Å². The molecule has 0 aliphatic heterocycles. The zero-order valence-electron chi connectivity index (χ0n) is 18.6. The number of nitrogens with zero attached hydrogens (tertiary/aromatic N) is 3. The van der Waals surface area contributed by atoms with Gasteiger partial charge in [-0.25, -0.2) is 14.3 Å². The number of nitrogens with one attached hydrogen (secondary N) is 1.